The summed E-state index contributed by atoms with van der Waals surface area (Å²) in [5.41, 5.74) is 7.20. The van der Waals surface area contributed by atoms with Crippen LogP contribution in [0.4, 0.5) is 0 Å². The molecule has 72 valence electrons. The third kappa shape index (κ3) is 2.68. The van der Waals surface area contributed by atoms with E-state index >= 15 is 0 Å². The summed E-state index contributed by atoms with van der Waals surface area (Å²) < 4.78 is 10.1. The van der Waals surface area contributed by atoms with Crippen LogP contribution in [0.5, 0.6) is 5.75 Å². The van der Waals surface area contributed by atoms with Gasteiger partial charge in [0.05, 0.1) is 5.69 Å². The van der Waals surface area contributed by atoms with Gasteiger partial charge in [-0.1, -0.05) is 0 Å². The van der Waals surface area contributed by atoms with Gasteiger partial charge in [0.1, 0.15) is 5.75 Å². The van der Waals surface area contributed by atoms with Crippen molar-refractivity contribution in [1.82, 2.24) is 4.98 Å². The molecule has 1 heterocycles. The van der Waals surface area contributed by atoms with E-state index in [1.54, 1.807) is 7.11 Å². The molecule has 0 aliphatic heterocycles. The number of aryl methyl sites for hydroxylation is 1. The van der Waals surface area contributed by atoms with E-state index in [-0.39, 0.29) is 6.79 Å². The highest BCUT2D eigenvalue weighted by Gasteiger charge is 2.02. The standard InChI is InChI=1S/C9H14N2O2/c1-7-3-4-9(13-6-12-2)8(5-10)11-7/h3-4H,5-6,10H2,1-2H3. The maximum atomic E-state index is 5.51. The average molecular weight is 182 g/mol. The van der Waals surface area contributed by atoms with Gasteiger partial charge in [0.2, 0.25) is 0 Å². The number of aromatic nitrogens is 1. The Bertz CT molecular complexity index is 276. The SMILES string of the molecule is COCOc1ccc(C)nc1CN. The van der Waals surface area contributed by atoms with Crippen molar-refractivity contribution >= 4 is 0 Å². The zero-order valence-corrected chi connectivity index (χ0v) is 7.91. The summed E-state index contributed by atoms with van der Waals surface area (Å²) >= 11 is 0. The quantitative estimate of drug-likeness (QED) is 0.701. The summed E-state index contributed by atoms with van der Waals surface area (Å²) in [7, 11) is 1.57. The average Bonchev–Trinajstić information content (AvgIpc) is 2.16. The molecule has 0 spiro atoms. The lowest BCUT2D eigenvalue weighted by molar-refractivity contribution is 0.0501. The minimum atomic E-state index is 0.220. The Kier molecular flexibility index (Phi) is 3.67. The van der Waals surface area contributed by atoms with Crippen LogP contribution in [-0.4, -0.2) is 18.9 Å². The fourth-order valence-electron chi connectivity index (χ4n) is 0.998. The van der Waals surface area contributed by atoms with Crippen LogP contribution in [0, 0.1) is 6.92 Å². The largest absolute Gasteiger partial charge is 0.466 e. The summed E-state index contributed by atoms with van der Waals surface area (Å²) in [5, 5.41) is 0. The molecule has 0 saturated carbocycles. The Hall–Kier alpha value is -1.13. The van der Waals surface area contributed by atoms with Crippen LogP contribution < -0.4 is 10.5 Å². The van der Waals surface area contributed by atoms with E-state index in [0.29, 0.717) is 12.3 Å². The monoisotopic (exact) mass is 182 g/mol. The number of nitrogens with two attached hydrogens (primary N) is 1. The van der Waals surface area contributed by atoms with E-state index in [1.807, 2.05) is 19.1 Å². The van der Waals surface area contributed by atoms with Crippen LogP contribution in [-0.2, 0) is 11.3 Å². The highest BCUT2D eigenvalue weighted by molar-refractivity contribution is 5.28. The third-order valence-electron chi connectivity index (χ3n) is 1.60. The predicted molar refractivity (Wildman–Crippen MR) is 49.4 cm³/mol. The lowest BCUT2D eigenvalue weighted by atomic mass is 10.3. The van der Waals surface area contributed by atoms with Crippen molar-refractivity contribution in [3.05, 3.63) is 23.5 Å². The minimum absolute atomic E-state index is 0.220. The van der Waals surface area contributed by atoms with E-state index in [4.69, 9.17) is 15.2 Å². The van der Waals surface area contributed by atoms with Crippen molar-refractivity contribution in [3.63, 3.8) is 0 Å². The maximum Gasteiger partial charge on any atom is 0.188 e. The molecular weight excluding hydrogens is 168 g/mol. The summed E-state index contributed by atoms with van der Waals surface area (Å²) in [6, 6.07) is 3.73. The van der Waals surface area contributed by atoms with Crippen LogP contribution in [0.2, 0.25) is 0 Å². The van der Waals surface area contributed by atoms with Gasteiger partial charge in [0.25, 0.3) is 0 Å². The Morgan fingerprint density at radius 3 is 2.85 bits per heavy atom. The van der Waals surface area contributed by atoms with E-state index in [0.717, 1.165) is 11.4 Å². The van der Waals surface area contributed by atoms with Crippen LogP contribution >= 0.6 is 0 Å². The van der Waals surface area contributed by atoms with Crippen molar-refractivity contribution in [1.29, 1.82) is 0 Å². The molecule has 4 heteroatoms. The highest BCUT2D eigenvalue weighted by atomic mass is 16.7. The summed E-state index contributed by atoms with van der Waals surface area (Å²) in [6.45, 7) is 2.51. The molecule has 1 aromatic heterocycles. The van der Waals surface area contributed by atoms with Crippen molar-refractivity contribution in [3.8, 4) is 5.75 Å². The van der Waals surface area contributed by atoms with Gasteiger partial charge < -0.3 is 15.2 Å². The van der Waals surface area contributed by atoms with Gasteiger partial charge in [-0.15, -0.1) is 0 Å². The van der Waals surface area contributed by atoms with Gasteiger partial charge >= 0.3 is 0 Å². The fraction of sp³-hybridized carbons (Fsp3) is 0.444. The number of nitrogens with zero attached hydrogens (tertiary/aromatic N) is 1. The summed E-state index contributed by atoms with van der Waals surface area (Å²) in [6.07, 6.45) is 0. The second kappa shape index (κ2) is 4.79. The van der Waals surface area contributed by atoms with Gasteiger partial charge in [-0.25, -0.2) is 0 Å². The Morgan fingerprint density at radius 1 is 1.46 bits per heavy atom. The Labute approximate surface area is 77.7 Å². The Morgan fingerprint density at radius 2 is 2.23 bits per heavy atom. The third-order valence-corrected chi connectivity index (χ3v) is 1.60. The first kappa shape index (κ1) is 9.95. The molecule has 1 rings (SSSR count). The predicted octanol–water partition coefficient (Wildman–Crippen LogP) is 0.831. The number of hydrogen-bond acceptors (Lipinski definition) is 4. The van der Waals surface area contributed by atoms with Gasteiger partial charge in [-0.2, -0.15) is 0 Å². The molecule has 0 unspecified atom stereocenters. The number of rotatable bonds is 4. The van der Waals surface area contributed by atoms with E-state index < -0.39 is 0 Å². The fourth-order valence-corrected chi connectivity index (χ4v) is 0.998. The first-order valence-electron chi connectivity index (χ1n) is 4.06. The van der Waals surface area contributed by atoms with Gasteiger partial charge in [-0.3, -0.25) is 4.98 Å². The first-order valence-corrected chi connectivity index (χ1v) is 4.06. The number of pyridine rings is 1. The molecule has 0 aliphatic rings. The molecule has 13 heavy (non-hydrogen) atoms. The topological polar surface area (TPSA) is 57.4 Å². The number of ether oxygens (including phenoxy) is 2. The van der Waals surface area contributed by atoms with Crippen molar-refractivity contribution in [2.75, 3.05) is 13.9 Å². The molecule has 0 aromatic carbocycles. The molecule has 0 fully saturated rings. The van der Waals surface area contributed by atoms with Gasteiger partial charge in [0, 0.05) is 19.3 Å². The van der Waals surface area contributed by atoms with Crippen LogP contribution in [0.1, 0.15) is 11.4 Å². The minimum Gasteiger partial charge on any atom is -0.466 e. The maximum absolute atomic E-state index is 5.51. The molecule has 1 aromatic rings. The van der Waals surface area contributed by atoms with E-state index in [1.165, 1.54) is 0 Å². The molecule has 0 amide bonds. The molecular formula is C9H14N2O2. The molecule has 2 N–H and O–H groups in total. The Balaban J connectivity index is 2.79. The molecule has 0 radical (unpaired) electrons. The molecule has 0 atom stereocenters. The lowest BCUT2D eigenvalue weighted by Crippen LogP contribution is -2.07. The zero-order valence-electron chi connectivity index (χ0n) is 7.91. The lowest BCUT2D eigenvalue weighted by Gasteiger charge is -2.08. The van der Waals surface area contributed by atoms with E-state index in [2.05, 4.69) is 4.98 Å². The van der Waals surface area contributed by atoms with Crippen molar-refractivity contribution < 1.29 is 9.47 Å². The van der Waals surface area contributed by atoms with Crippen molar-refractivity contribution in [2.24, 2.45) is 5.73 Å². The van der Waals surface area contributed by atoms with Crippen LogP contribution in [0.15, 0.2) is 12.1 Å². The van der Waals surface area contributed by atoms with Crippen LogP contribution in [0.25, 0.3) is 0 Å². The second-order valence-electron chi connectivity index (χ2n) is 2.65. The van der Waals surface area contributed by atoms with E-state index in [9.17, 15) is 0 Å². The normalized spacial score (nSPS) is 10.1. The summed E-state index contributed by atoms with van der Waals surface area (Å²) in [4.78, 5) is 4.24. The van der Waals surface area contributed by atoms with Crippen molar-refractivity contribution in [2.45, 2.75) is 13.5 Å². The molecule has 4 nitrogen and oxygen atoms in total. The molecule has 0 aliphatic carbocycles. The zero-order chi connectivity index (χ0) is 9.68. The smallest absolute Gasteiger partial charge is 0.188 e. The second-order valence-corrected chi connectivity index (χ2v) is 2.65. The molecule has 0 bridgehead atoms. The van der Waals surface area contributed by atoms with Gasteiger partial charge in [-0.05, 0) is 19.1 Å². The van der Waals surface area contributed by atoms with Crippen LogP contribution in [0.3, 0.4) is 0 Å². The van der Waals surface area contributed by atoms with Gasteiger partial charge in [0.15, 0.2) is 6.79 Å². The number of hydrogen-bond donors (Lipinski definition) is 1. The number of methoxy groups -OCH3 is 1. The molecule has 0 saturated heterocycles. The first-order chi connectivity index (χ1) is 6.27. The highest BCUT2D eigenvalue weighted by Crippen LogP contribution is 2.15. The summed E-state index contributed by atoms with van der Waals surface area (Å²) in [5.74, 6) is 0.690.